The van der Waals surface area contributed by atoms with Gasteiger partial charge < -0.3 is 0 Å². The SMILES string of the molecule is O=c1c2ccccc2nc(SCCCCCn2cccn2)n1C1CCCCC1. The molecule has 5 nitrogen and oxygen atoms in total. The van der Waals surface area contributed by atoms with E-state index in [0.29, 0.717) is 6.04 Å². The van der Waals surface area contributed by atoms with Crippen molar-refractivity contribution in [2.24, 2.45) is 0 Å². The van der Waals surface area contributed by atoms with Crippen molar-refractivity contribution < 1.29 is 0 Å². The van der Waals surface area contributed by atoms with Gasteiger partial charge in [-0.15, -0.1) is 0 Å². The molecule has 4 rings (SSSR count). The molecule has 1 aliphatic rings. The summed E-state index contributed by atoms with van der Waals surface area (Å²) in [5, 5.41) is 5.90. The second kappa shape index (κ2) is 9.41. The van der Waals surface area contributed by atoms with Crippen LogP contribution in [-0.4, -0.2) is 25.1 Å². The Bertz CT molecular complexity index is 945. The summed E-state index contributed by atoms with van der Waals surface area (Å²) in [5.41, 5.74) is 0.958. The fraction of sp³-hybridized carbons (Fsp3) is 0.500. The van der Waals surface area contributed by atoms with E-state index >= 15 is 0 Å². The summed E-state index contributed by atoms with van der Waals surface area (Å²) in [5.74, 6) is 0.997. The van der Waals surface area contributed by atoms with Gasteiger partial charge in [0.1, 0.15) is 0 Å². The Hall–Kier alpha value is -2.08. The van der Waals surface area contributed by atoms with Gasteiger partial charge in [-0.25, -0.2) is 4.98 Å². The third kappa shape index (κ3) is 4.49. The average molecular weight is 397 g/mol. The van der Waals surface area contributed by atoms with E-state index in [9.17, 15) is 4.79 Å². The minimum atomic E-state index is 0.138. The Kier molecular flexibility index (Phi) is 6.47. The molecule has 1 saturated carbocycles. The summed E-state index contributed by atoms with van der Waals surface area (Å²) >= 11 is 1.75. The summed E-state index contributed by atoms with van der Waals surface area (Å²) in [6.45, 7) is 0.971. The molecule has 0 spiro atoms. The highest BCUT2D eigenvalue weighted by molar-refractivity contribution is 7.99. The number of nitrogens with zero attached hydrogens (tertiary/aromatic N) is 4. The molecule has 0 radical (unpaired) electrons. The molecule has 1 fully saturated rings. The Balaban J connectivity index is 1.44. The van der Waals surface area contributed by atoms with Crippen LogP contribution in [0.2, 0.25) is 0 Å². The average Bonchev–Trinajstić information content (AvgIpc) is 3.25. The first-order chi connectivity index (χ1) is 13.8. The molecule has 0 N–H and O–H groups in total. The number of hydrogen-bond donors (Lipinski definition) is 0. The maximum atomic E-state index is 13.2. The van der Waals surface area contributed by atoms with Crippen molar-refractivity contribution in [3.05, 3.63) is 53.1 Å². The largest absolute Gasteiger partial charge is 0.284 e. The maximum absolute atomic E-state index is 13.2. The van der Waals surface area contributed by atoms with Crippen LogP contribution in [0.3, 0.4) is 0 Å². The van der Waals surface area contributed by atoms with Gasteiger partial charge in [0, 0.05) is 30.7 Å². The van der Waals surface area contributed by atoms with E-state index in [1.807, 2.05) is 52.0 Å². The molecular weight excluding hydrogens is 368 g/mol. The van der Waals surface area contributed by atoms with Crippen molar-refractivity contribution in [1.29, 1.82) is 0 Å². The third-order valence-electron chi connectivity index (χ3n) is 5.54. The molecule has 0 aliphatic heterocycles. The standard InChI is InChI=1S/C22H28N4OS/c27-21-19-12-5-6-13-20(19)24-22(26(21)18-10-3-1-4-11-18)28-17-8-2-7-15-25-16-9-14-23-25/h5-6,9,12-14,16,18H,1-4,7-8,10-11,15,17H2. The predicted octanol–water partition coefficient (Wildman–Crippen LogP) is 5.06. The number of aryl methyl sites for hydroxylation is 1. The van der Waals surface area contributed by atoms with Crippen LogP contribution in [0.4, 0.5) is 0 Å². The molecule has 3 aromatic rings. The number of para-hydroxylation sites is 1. The number of aromatic nitrogens is 4. The second-order valence-corrected chi connectivity index (χ2v) is 8.62. The molecule has 28 heavy (non-hydrogen) atoms. The highest BCUT2D eigenvalue weighted by Gasteiger charge is 2.21. The van der Waals surface area contributed by atoms with Crippen LogP contribution < -0.4 is 5.56 Å². The summed E-state index contributed by atoms with van der Waals surface area (Å²) in [6, 6.07) is 10.0. The molecule has 1 aliphatic carbocycles. The minimum absolute atomic E-state index is 0.138. The molecule has 148 valence electrons. The lowest BCUT2D eigenvalue weighted by molar-refractivity contribution is 0.326. The summed E-state index contributed by atoms with van der Waals surface area (Å²) in [4.78, 5) is 18.1. The molecule has 1 aromatic carbocycles. The quantitative estimate of drug-likeness (QED) is 0.303. The van der Waals surface area contributed by atoms with Gasteiger partial charge in [0.15, 0.2) is 5.16 Å². The zero-order valence-corrected chi connectivity index (χ0v) is 17.1. The third-order valence-corrected chi connectivity index (χ3v) is 6.58. The number of thioether (sulfide) groups is 1. The van der Waals surface area contributed by atoms with Gasteiger partial charge in [-0.2, -0.15) is 5.10 Å². The Morgan fingerprint density at radius 1 is 1.04 bits per heavy atom. The lowest BCUT2D eigenvalue weighted by atomic mass is 9.95. The van der Waals surface area contributed by atoms with Crippen LogP contribution in [0.1, 0.15) is 57.4 Å². The number of fused-ring (bicyclic) bond motifs is 1. The van der Waals surface area contributed by atoms with E-state index < -0.39 is 0 Å². The molecule has 2 aromatic heterocycles. The van der Waals surface area contributed by atoms with Crippen molar-refractivity contribution >= 4 is 22.7 Å². The van der Waals surface area contributed by atoms with Crippen LogP contribution in [-0.2, 0) is 6.54 Å². The molecule has 2 heterocycles. The van der Waals surface area contributed by atoms with Crippen molar-refractivity contribution in [3.8, 4) is 0 Å². The topological polar surface area (TPSA) is 52.7 Å². The number of rotatable bonds is 8. The first kappa shape index (κ1) is 19.2. The molecule has 0 saturated heterocycles. The van der Waals surface area contributed by atoms with Crippen molar-refractivity contribution in [1.82, 2.24) is 19.3 Å². The highest BCUT2D eigenvalue weighted by Crippen LogP contribution is 2.31. The number of hydrogen-bond acceptors (Lipinski definition) is 4. The minimum Gasteiger partial charge on any atom is -0.284 e. The monoisotopic (exact) mass is 396 g/mol. The summed E-state index contributed by atoms with van der Waals surface area (Å²) in [6.07, 6.45) is 13.1. The maximum Gasteiger partial charge on any atom is 0.262 e. The Labute approximate surface area is 170 Å². The van der Waals surface area contributed by atoms with E-state index in [1.54, 1.807) is 11.8 Å². The zero-order chi connectivity index (χ0) is 19.2. The number of benzene rings is 1. The van der Waals surface area contributed by atoms with Crippen LogP contribution in [0.15, 0.2) is 52.7 Å². The molecule has 0 unspecified atom stereocenters. The molecule has 0 atom stereocenters. The van der Waals surface area contributed by atoms with Crippen molar-refractivity contribution in [3.63, 3.8) is 0 Å². The van der Waals surface area contributed by atoms with E-state index in [1.165, 1.54) is 19.3 Å². The summed E-state index contributed by atoms with van der Waals surface area (Å²) < 4.78 is 3.99. The van der Waals surface area contributed by atoms with Crippen molar-refractivity contribution in [2.75, 3.05) is 5.75 Å². The zero-order valence-electron chi connectivity index (χ0n) is 16.3. The van der Waals surface area contributed by atoms with Crippen LogP contribution >= 0.6 is 11.8 Å². The van der Waals surface area contributed by atoms with Gasteiger partial charge in [-0.3, -0.25) is 14.0 Å². The molecule has 6 heteroatoms. The van der Waals surface area contributed by atoms with E-state index in [2.05, 4.69) is 5.10 Å². The molecule has 0 amide bonds. The number of unbranched alkanes of at least 4 members (excludes halogenated alkanes) is 2. The van der Waals surface area contributed by atoms with Crippen molar-refractivity contribution in [2.45, 2.75) is 69.1 Å². The van der Waals surface area contributed by atoms with E-state index in [4.69, 9.17) is 4.98 Å². The van der Waals surface area contributed by atoms with E-state index in [-0.39, 0.29) is 5.56 Å². The van der Waals surface area contributed by atoms with Gasteiger partial charge >= 0.3 is 0 Å². The van der Waals surface area contributed by atoms with Gasteiger partial charge in [0.2, 0.25) is 0 Å². The highest BCUT2D eigenvalue weighted by atomic mass is 32.2. The first-order valence-electron chi connectivity index (χ1n) is 10.4. The molecular formula is C22H28N4OS. The van der Waals surface area contributed by atoms with Gasteiger partial charge in [-0.1, -0.05) is 49.6 Å². The van der Waals surface area contributed by atoms with Crippen LogP contribution in [0.5, 0.6) is 0 Å². The predicted molar refractivity (Wildman–Crippen MR) is 115 cm³/mol. The smallest absolute Gasteiger partial charge is 0.262 e. The Morgan fingerprint density at radius 3 is 2.71 bits per heavy atom. The lowest BCUT2D eigenvalue weighted by Gasteiger charge is -2.26. The normalized spacial score (nSPS) is 15.3. The first-order valence-corrected chi connectivity index (χ1v) is 11.4. The Morgan fingerprint density at radius 2 is 1.89 bits per heavy atom. The van der Waals surface area contributed by atoms with Gasteiger partial charge in [-0.05, 0) is 43.9 Å². The van der Waals surface area contributed by atoms with Crippen LogP contribution in [0.25, 0.3) is 10.9 Å². The van der Waals surface area contributed by atoms with Gasteiger partial charge in [0.25, 0.3) is 5.56 Å². The lowest BCUT2D eigenvalue weighted by Crippen LogP contribution is -2.29. The van der Waals surface area contributed by atoms with E-state index in [0.717, 1.165) is 60.5 Å². The summed E-state index contributed by atoms with van der Waals surface area (Å²) in [7, 11) is 0. The fourth-order valence-corrected chi connectivity index (χ4v) is 5.10. The fourth-order valence-electron chi connectivity index (χ4n) is 4.04. The van der Waals surface area contributed by atoms with Crippen LogP contribution in [0, 0.1) is 0 Å². The van der Waals surface area contributed by atoms with Gasteiger partial charge in [0.05, 0.1) is 10.9 Å². The molecule has 0 bridgehead atoms. The second-order valence-electron chi connectivity index (χ2n) is 7.56.